The topological polar surface area (TPSA) is 46.4 Å². The summed E-state index contributed by atoms with van der Waals surface area (Å²) in [4.78, 5) is 0. The molecule has 5 heteroatoms. The van der Waals surface area contributed by atoms with Crippen LogP contribution in [0.4, 0.5) is 0 Å². The first-order chi connectivity index (χ1) is 15.3. The van der Waals surface area contributed by atoms with Gasteiger partial charge in [0.1, 0.15) is 12.4 Å². The lowest BCUT2D eigenvalue weighted by Gasteiger charge is -2.26. The molecule has 0 saturated carbocycles. The summed E-state index contributed by atoms with van der Waals surface area (Å²) >= 11 is 0. The van der Waals surface area contributed by atoms with Gasteiger partial charge in [0.25, 0.3) is 0 Å². The van der Waals surface area contributed by atoms with Gasteiger partial charge in [-0.2, -0.15) is 0 Å². The fraction of sp³-hybridized carbons (Fsp3) is 0.259. The summed E-state index contributed by atoms with van der Waals surface area (Å²) in [6.45, 7) is 4.12. The van der Waals surface area contributed by atoms with E-state index in [9.17, 15) is 5.11 Å². The third-order valence-corrected chi connectivity index (χ3v) is 5.53. The van der Waals surface area contributed by atoms with Gasteiger partial charge in [-0.25, -0.2) is 0 Å². The number of aliphatic hydroxyl groups excluding tert-OH is 1. The zero-order chi connectivity index (χ0) is 21.5. The lowest BCUT2D eigenvalue weighted by molar-refractivity contribution is 0.130. The van der Waals surface area contributed by atoms with Crippen molar-refractivity contribution in [3.63, 3.8) is 0 Å². The first-order valence-electron chi connectivity index (χ1n) is 11.0. The Labute approximate surface area is 196 Å². The molecule has 1 heterocycles. The van der Waals surface area contributed by atoms with Crippen molar-refractivity contribution >= 4 is 23.3 Å². The highest BCUT2D eigenvalue weighted by Gasteiger charge is 2.24. The van der Waals surface area contributed by atoms with Crippen molar-refractivity contribution < 1.29 is 9.84 Å². The Kier molecular flexibility index (Phi) is 8.74. The van der Waals surface area contributed by atoms with Crippen LogP contribution in [0.3, 0.4) is 0 Å². The van der Waals surface area contributed by atoms with Crippen molar-refractivity contribution in [1.29, 1.82) is 0 Å². The quantitative estimate of drug-likeness (QED) is 0.309. The van der Waals surface area contributed by atoms with Crippen molar-refractivity contribution in [3.8, 4) is 5.75 Å². The van der Waals surface area contributed by atoms with Crippen molar-refractivity contribution in [2.45, 2.75) is 32.1 Å². The molecule has 0 fully saturated rings. The molecule has 32 heavy (non-hydrogen) atoms. The molecule has 2 N–H and O–H groups in total. The van der Waals surface area contributed by atoms with E-state index in [2.05, 4.69) is 65.5 Å². The summed E-state index contributed by atoms with van der Waals surface area (Å²) in [5.74, 6) is 0.843. The van der Waals surface area contributed by atoms with Gasteiger partial charge in [0, 0.05) is 23.6 Å². The Morgan fingerprint density at radius 2 is 1.66 bits per heavy atom. The van der Waals surface area contributed by atoms with E-state index in [4.69, 9.17) is 4.74 Å². The van der Waals surface area contributed by atoms with Crippen LogP contribution in [0.1, 0.15) is 30.5 Å². The predicted octanol–water partition coefficient (Wildman–Crippen LogP) is 5.59. The van der Waals surface area contributed by atoms with Crippen LogP contribution in [-0.2, 0) is 6.61 Å². The number of hydrogen-bond acceptors (Lipinski definition) is 3. The van der Waals surface area contributed by atoms with E-state index in [0.29, 0.717) is 13.2 Å². The molecule has 0 radical (unpaired) electrons. The van der Waals surface area contributed by atoms with E-state index >= 15 is 0 Å². The van der Waals surface area contributed by atoms with Crippen molar-refractivity contribution in [3.05, 3.63) is 102 Å². The lowest BCUT2D eigenvalue weighted by atomic mass is 10.0. The van der Waals surface area contributed by atoms with Crippen LogP contribution < -0.4 is 10.1 Å². The van der Waals surface area contributed by atoms with E-state index in [0.717, 1.165) is 40.7 Å². The Morgan fingerprint density at radius 3 is 2.38 bits per heavy atom. The fourth-order valence-electron chi connectivity index (χ4n) is 3.97. The first-order valence-corrected chi connectivity index (χ1v) is 11.0. The van der Waals surface area contributed by atoms with E-state index < -0.39 is 6.10 Å². The van der Waals surface area contributed by atoms with E-state index in [-0.39, 0.29) is 18.4 Å². The number of nitrogens with zero attached hydrogens (tertiary/aromatic N) is 1. The molecule has 4 rings (SSSR count). The number of nitrogens with one attached hydrogen (secondary N) is 1. The van der Waals surface area contributed by atoms with Crippen LogP contribution in [0.25, 0.3) is 10.9 Å². The van der Waals surface area contributed by atoms with Gasteiger partial charge in [0.15, 0.2) is 0 Å². The number of ether oxygens (including phenoxy) is 1. The number of aliphatic hydroxyl groups is 1. The molecule has 0 bridgehead atoms. The third kappa shape index (κ3) is 5.71. The smallest absolute Gasteiger partial charge is 0.120 e. The lowest BCUT2D eigenvalue weighted by Crippen LogP contribution is -2.35. The molecule has 0 amide bonds. The van der Waals surface area contributed by atoms with Crippen molar-refractivity contribution in [1.82, 2.24) is 9.88 Å². The summed E-state index contributed by atoms with van der Waals surface area (Å²) in [7, 11) is 0. The Hall–Kier alpha value is -2.79. The van der Waals surface area contributed by atoms with Crippen LogP contribution in [0.5, 0.6) is 5.75 Å². The second kappa shape index (κ2) is 11.7. The summed E-state index contributed by atoms with van der Waals surface area (Å²) in [5, 5.41) is 15.5. The fourth-order valence-corrected chi connectivity index (χ4v) is 3.97. The number of halogens is 1. The van der Waals surface area contributed by atoms with Crippen LogP contribution in [0.15, 0.2) is 91.1 Å². The highest BCUT2D eigenvalue weighted by Crippen LogP contribution is 2.30. The van der Waals surface area contributed by atoms with Gasteiger partial charge in [-0.15, -0.1) is 12.4 Å². The van der Waals surface area contributed by atoms with Gasteiger partial charge >= 0.3 is 0 Å². The maximum atomic E-state index is 11.1. The SMILES string of the molecule is CCCNC[C@@H](O)[C@H](c1ccccc1)n1ccc2cc(OCc3ccccc3)ccc21.Cl. The highest BCUT2D eigenvalue weighted by molar-refractivity contribution is 5.85. The number of hydrogen-bond donors (Lipinski definition) is 2. The summed E-state index contributed by atoms with van der Waals surface area (Å²) < 4.78 is 8.17. The Balaban J connectivity index is 0.00000289. The number of benzene rings is 3. The van der Waals surface area contributed by atoms with Crippen LogP contribution in [-0.4, -0.2) is 28.9 Å². The molecule has 3 aromatic carbocycles. The molecule has 0 unspecified atom stereocenters. The second-order valence-corrected chi connectivity index (χ2v) is 7.84. The molecule has 2 atom stereocenters. The highest BCUT2D eigenvalue weighted by atomic mass is 35.5. The maximum Gasteiger partial charge on any atom is 0.120 e. The first kappa shape index (κ1) is 23.9. The molecule has 0 spiro atoms. The minimum absolute atomic E-state index is 0. The predicted molar refractivity (Wildman–Crippen MR) is 134 cm³/mol. The summed E-state index contributed by atoms with van der Waals surface area (Å²) in [5.41, 5.74) is 3.32. The van der Waals surface area contributed by atoms with Crippen LogP contribution in [0.2, 0.25) is 0 Å². The third-order valence-electron chi connectivity index (χ3n) is 5.53. The minimum atomic E-state index is -0.543. The molecule has 4 aromatic rings. The zero-order valence-corrected chi connectivity index (χ0v) is 19.2. The average Bonchev–Trinajstić information content (AvgIpc) is 3.22. The van der Waals surface area contributed by atoms with Gasteiger partial charge < -0.3 is 19.7 Å². The van der Waals surface area contributed by atoms with Crippen molar-refractivity contribution in [2.75, 3.05) is 13.1 Å². The molecule has 0 aliphatic rings. The number of aromatic nitrogens is 1. The average molecular weight is 451 g/mol. The van der Waals surface area contributed by atoms with E-state index in [1.165, 1.54) is 0 Å². The normalized spacial score (nSPS) is 12.8. The van der Waals surface area contributed by atoms with Gasteiger partial charge in [-0.1, -0.05) is 67.6 Å². The van der Waals surface area contributed by atoms with Gasteiger partial charge in [0.2, 0.25) is 0 Å². The molecule has 0 aliphatic heterocycles. The number of fused-ring (bicyclic) bond motifs is 1. The summed E-state index contributed by atoms with van der Waals surface area (Å²) in [6, 6.07) is 28.5. The second-order valence-electron chi connectivity index (χ2n) is 7.84. The standard InChI is InChI=1S/C27H30N2O2.ClH/c1-2-16-28-19-26(30)27(22-11-7-4-8-12-22)29-17-15-23-18-24(13-14-25(23)29)31-20-21-9-5-3-6-10-21;/h3-15,17-18,26-28,30H,2,16,19-20H2,1H3;1H/t26-,27+;/m1./s1. The molecular weight excluding hydrogens is 420 g/mol. The molecule has 4 nitrogen and oxygen atoms in total. The van der Waals surface area contributed by atoms with E-state index in [1.807, 2.05) is 42.5 Å². The molecule has 168 valence electrons. The maximum absolute atomic E-state index is 11.1. The molecule has 1 aromatic heterocycles. The minimum Gasteiger partial charge on any atom is -0.489 e. The largest absolute Gasteiger partial charge is 0.489 e. The van der Waals surface area contributed by atoms with Crippen molar-refractivity contribution in [2.24, 2.45) is 0 Å². The zero-order valence-electron chi connectivity index (χ0n) is 18.4. The summed E-state index contributed by atoms with van der Waals surface area (Å²) in [6.07, 6.45) is 2.56. The van der Waals surface area contributed by atoms with Gasteiger partial charge in [-0.05, 0) is 48.4 Å². The van der Waals surface area contributed by atoms with Gasteiger partial charge in [-0.3, -0.25) is 0 Å². The Bertz CT molecular complexity index is 1080. The Morgan fingerprint density at radius 1 is 0.938 bits per heavy atom. The van der Waals surface area contributed by atoms with Gasteiger partial charge in [0.05, 0.1) is 12.1 Å². The molecule has 0 saturated heterocycles. The molecular formula is C27H31ClN2O2. The van der Waals surface area contributed by atoms with Crippen LogP contribution in [0, 0.1) is 0 Å². The molecule has 0 aliphatic carbocycles. The number of rotatable bonds is 10. The van der Waals surface area contributed by atoms with Crippen LogP contribution >= 0.6 is 12.4 Å². The monoisotopic (exact) mass is 450 g/mol. The van der Waals surface area contributed by atoms with E-state index in [1.54, 1.807) is 0 Å².